The summed E-state index contributed by atoms with van der Waals surface area (Å²) in [6.07, 6.45) is 1.10. The number of aliphatic imine (C=N–C) groups is 1. The molecule has 0 amide bonds. The van der Waals surface area contributed by atoms with Gasteiger partial charge in [0, 0.05) is 51.6 Å². The molecule has 7 nitrogen and oxygen atoms in total. The van der Waals surface area contributed by atoms with Crippen LogP contribution in [-0.2, 0) is 21.3 Å². The summed E-state index contributed by atoms with van der Waals surface area (Å²) in [5, 5.41) is 3.33. The molecule has 0 radical (unpaired) electrons. The Kier molecular flexibility index (Phi) is 7.24. The number of ether oxygens (including phenoxy) is 1. The topological polar surface area (TPSA) is 74.2 Å². The second kappa shape index (κ2) is 8.98. The monoisotopic (exact) mass is 388 g/mol. The number of likely N-dealkylation sites (tertiary alicyclic amines) is 1. The Morgan fingerprint density at radius 3 is 2.88 bits per heavy atom. The zero-order valence-electron chi connectivity index (χ0n) is 15.4. The Morgan fingerprint density at radius 2 is 2.24 bits per heavy atom. The number of nitrogens with one attached hydrogen (secondary N) is 1. The van der Waals surface area contributed by atoms with E-state index in [2.05, 4.69) is 10.2 Å². The molecule has 0 bridgehead atoms. The highest BCUT2D eigenvalue weighted by atomic mass is 32.2. The molecule has 1 aromatic heterocycles. The van der Waals surface area contributed by atoms with Gasteiger partial charge in [-0.15, -0.1) is 11.3 Å². The van der Waals surface area contributed by atoms with Crippen LogP contribution in [0.5, 0.6) is 0 Å². The predicted octanol–water partition coefficient (Wildman–Crippen LogP) is 1.43. The fraction of sp³-hybridized carbons (Fsp3) is 0.688. The molecule has 1 aromatic rings. The van der Waals surface area contributed by atoms with E-state index in [1.165, 1.54) is 15.6 Å². The van der Waals surface area contributed by atoms with Crippen LogP contribution in [0.4, 0.5) is 0 Å². The van der Waals surface area contributed by atoms with E-state index in [-0.39, 0.29) is 0 Å². The number of rotatable bonds is 7. The SMILES string of the molecule is CCNC(=NCc1ccc(S(=O)(=O)N(C)C)s1)N1CCC(COC)C1. The van der Waals surface area contributed by atoms with Gasteiger partial charge in [-0.1, -0.05) is 0 Å². The summed E-state index contributed by atoms with van der Waals surface area (Å²) in [7, 11) is 1.45. The van der Waals surface area contributed by atoms with Crippen LogP contribution in [0.2, 0.25) is 0 Å². The van der Waals surface area contributed by atoms with Gasteiger partial charge in [0.2, 0.25) is 0 Å². The molecular formula is C16H28N4O3S2. The number of methoxy groups -OCH3 is 1. The van der Waals surface area contributed by atoms with Crippen molar-refractivity contribution in [1.82, 2.24) is 14.5 Å². The van der Waals surface area contributed by atoms with Gasteiger partial charge in [0.1, 0.15) is 4.21 Å². The average molecular weight is 389 g/mol. The normalized spacial score (nSPS) is 19.0. The molecule has 1 fully saturated rings. The third kappa shape index (κ3) is 5.16. The van der Waals surface area contributed by atoms with Gasteiger partial charge in [0.25, 0.3) is 10.0 Å². The van der Waals surface area contributed by atoms with E-state index in [0.717, 1.165) is 43.5 Å². The lowest BCUT2D eigenvalue weighted by Crippen LogP contribution is -2.40. The minimum Gasteiger partial charge on any atom is -0.384 e. The predicted molar refractivity (Wildman–Crippen MR) is 102 cm³/mol. The number of thiophene rings is 1. The van der Waals surface area contributed by atoms with Gasteiger partial charge in [-0.3, -0.25) is 0 Å². The maximum absolute atomic E-state index is 12.2. The summed E-state index contributed by atoms with van der Waals surface area (Å²) in [5.74, 6) is 1.42. The fourth-order valence-electron chi connectivity index (χ4n) is 2.74. The maximum atomic E-state index is 12.2. The van der Waals surface area contributed by atoms with Gasteiger partial charge in [0.05, 0.1) is 13.2 Å². The molecule has 1 N–H and O–H groups in total. The van der Waals surface area contributed by atoms with Gasteiger partial charge in [-0.25, -0.2) is 17.7 Å². The standard InChI is InChI=1S/C16H28N4O3S2/c1-5-17-16(20-9-8-13(11-20)12-23-4)18-10-14-6-7-15(24-14)25(21,22)19(2)3/h6-7,13H,5,8-12H2,1-4H3,(H,17,18). The Morgan fingerprint density at radius 1 is 1.48 bits per heavy atom. The Bertz CT molecular complexity index is 685. The minimum atomic E-state index is -3.37. The molecule has 2 heterocycles. The van der Waals surface area contributed by atoms with Crippen LogP contribution < -0.4 is 5.32 Å². The van der Waals surface area contributed by atoms with Gasteiger partial charge >= 0.3 is 0 Å². The van der Waals surface area contributed by atoms with Crippen LogP contribution in [-0.4, -0.2) is 71.0 Å². The summed E-state index contributed by atoms with van der Waals surface area (Å²) in [6, 6.07) is 3.49. The van der Waals surface area contributed by atoms with Gasteiger partial charge < -0.3 is 15.0 Å². The third-order valence-electron chi connectivity index (χ3n) is 4.08. The van der Waals surface area contributed by atoms with Crippen molar-refractivity contribution >= 4 is 27.3 Å². The molecule has 0 spiro atoms. The number of hydrogen-bond acceptors (Lipinski definition) is 5. The zero-order chi connectivity index (χ0) is 18.4. The average Bonchev–Trinajstić information content (AvgIpc) is 3.21. The molecule has 1 aliphatic heterocycles. The number of hydrogen-bond donors (Lipinski definition) is 1. The highest BCUT2D eigenvalue weighted by Crippen LogP contribution is 2.24. The van der Waals surface area contributed by atoms with Crippen LogP contribution in [0.15, 0.2) is 21.3 Å². The summed E-state index contributed by atoms with van der Waals surface area (Å²) in [4.78, 5) is 7.88. The molecule has 142 valence electrons. The van der Waals surface area contributed by atoms with Crippen molar-refractivity contribution in [1.29, 1.82) is 0 Å². The van der Waals surface area contributed by atoms with Crippen molar-refractivity contribution < 1.29 is 13.2 Å². The summed E-state index contributed by atoms with van der Waals surface area (Å²) >= 11 is 1.28. The molecule has 25 heavy (non-hydrogen) atoms. The van der Waals surface area contributed by atoms with E-state index in [0.29, 0.717) is 16.7 Å². The van der Waals surface area contributed by atoms with Gasteiger partial charge in [-0.2, -0.15) is 0 Å². The molecule has 0 saturated carbocycles. The Labute approximate surface area is 154 Å². The van der Waals surface area contributed by atoms with Gasteiger partial charge in [-0.05, 0) is 25.5 Å². The van der Waals surface area contributed by atoms with Crippen LogP contribution in [0.1, 0.15) is 18.2 Å². The van der Waals surface area contributed by atoms with E-state index in [9.17, 15) is 8.42 Å². The minimum absolute atomic E-state index is 0.356. The number of nitrogens with zero attached hydrogens (tertiary/aromatic N) is 3. The Hall–Kier alpha value is -1.16. The second-order valence-electron chi connectivity index (χ2n) is 6.23. The molecule has 1 unspecified atom stereocenters. The van der Waals surface area contributed by atoms with Crippen molar-refractivity contribution in [2.24, 2.45) is 10.9 Å². The van der Waals surface area contributed by atoms with Crippen LogP contribution >= 0.6 is 11.3 Å². The molecule has 2 rings (SSSR count). The summed E-state index contributed by atoms with van der Waals surface area (Å²) in [6.45, 7) is 5.99. The molecule has 0 aliphatic carbocycles. The van der Waals surface area contributed by atoms with E-state index < -0.39 is 10.0 Å². The van der Waals surface area contributed by atoms with E-state index in [4.69, 9.17) is 9.73 Å². The molecule has 9 heteroatoms. The first kappa shape index (κ1) is 20.2. The molecule has 1 atom stereocenters. The first-order chi connectivity index (χ1) is 11.9. The van der Waals surface area contributed by atoms with Crippen LogP contribution in [0.3, 0.4) is 0 Å². The molecule has 1 saturated heterocycles. The van der Waals surface area contributed by atoms with Crippen molar-refractivity contribution in [3.63, 3.8) is 0 Å². The van der Waals surface area contributed by atoms with E-state index in [1.807, 2.05) is 13.0 Å². The molecule has 1 aliphatic rings. The zero-order valence-corrected chi connectivity index (χ0v) is 17.0. The fourth-order valence-corrected chi connectivity index (χ4v) is 5.19. The largest absolute Gasteiger partial charge is 0.384 e. The molecule has 0 aromatic carbocycles. The Balaban J connectivity index is 2.06. The lowest BCUT2D eigenvalue weighted by atomic mass is 10.1. The first-order valence-electron chi connectivity index (χ1n) is 8.42. The van der Waals surface area contributed by atoms with Crippen LogP contribution in [0.25, 0.3) is 0 Å². The van der Waals surface area contributed by atoms with E-state index >= 15 is 0 Å². The summed E-state index contributed by atoms with van der Waals surface area (Å²) in [5.41, 5.74) is 0. The van der Waals surface area contributed by atoms with Crippen molar-refractivity contribution in [2.45, 2.75) is 24.1 Å². The van der Waals surface area contributed by atoms with Crippen LogP contribution in [0, 0.1) is 5.92 Å². The molecular weight excluding hydrogens is 360 g/mol. The number of guanidine groups is 1. The highest BCUT2D eigenvalue weighted by Gasteiger charge is 2.25. The van der Waals surface area contributed by atoms with Crippen molar-refractivity contribution in [2.75, 3.05) is 47.4 Å². The van der Waals surface area contributed by atoms with Crippen molar-refractivity contribution in [3.05, 3.63) is 17.0 Å². The first-order valence-corrected chi connectivity index (χ1v) is 10.7. The third-order valence-corrected chi connectivity index (χ3v) is 7.43. The summed E-state index contributed by atoms with van der Waals surface area (Å²) < 4.78 is 31.2. The quantitative estimate of drug-likeness (QED) is 0.565. The van der Waals surface area contributed by atoms with Gasteiger partial charge in [0.15, 0.2) is 5.96 Å². The lowest BCUT2D eigenvalue weighted by Gasteiger charge is -2.21. The second-order valence-corrected chi connectivity index (χ2v) is 9.78. The maximum Gasteiger partial charge on any atom is 0.252 e. The smallest absolute Gasteiger partial charge is 0.252 e. The number of sulfonamides is 1. The van der Waals surface area contributed by atoms with Crippen molar-refractivity contribution in [3.8, 4) is 0 Å². The highest BCUT2D eigenvalue weighted by molar-refractivity contribution is 7.91. The van der Waals surface area contributed by atoms with E-state index in [1.54, 1.807) is 27.3 Å². The lowest BCUT2D eigenvalue weighted by molar-refractivity contribution is 0.157.